The van der Waals surface area contributed by atoms with Crippen molar-refractivity contribution in [1.29, 1.82) is 0 Å². The molecule has 1 atom stereocenters. The fourth-order valence-electron chi connectivity index (χ4n) is 4.56. The summed E-state index contributed by atoms with van der Waals surface area (Å²) in [5.74, 6) is -1.28. The van der Waals surface area contributed by atoms with Gasteiger partial charge in [0, 0.05) is 5.69 Å². The van der Waals surface area contributed by atoms with Crippen LogP contribution < -0.4 is 15.4 Å². The molecule has 0 saturated heterocycles. The highest BCUT2D eigenvalue weighted by Crippen LogP contribution is 2.17. The molecular formula is C35H50N2O5. The summed E-state index contributed by atoms with van der Waals surface area (Å²) in [6, 6.07) is 14.3. The van der Waals surface area contributed by atoms with E-state index in [9.17, 15) is 14.4 Å². The van der Waals surface area contributed by atoms with Gasteiger partial charge in [0.15, 0.2) is 0 Å². The van der Waals surface area contributed by atoms with Crippen LogP contribution in [0.25, 0.3) is 12.2 Å². The largest absolute Gasteiger partial charge is 0.494 e. The predicted molar refractivity (Wildman–Crippen MR) is 171 cm³/mol. The van der Waals surface area contributed by atoms with Gasteiger partial charge in [0.2, 0.25) is 0 Å². The number of amides is 2. The molecule has 42 heavy (non-hydrogen) atoms. The van der Waals surface area contributed by atoms with E-state index in [1.807, 2.05) is 62.4 Å². The lowest BCUT2D eigenvalue weighted by molar-refractivity contribution is -0.146. The van der Waals surface area contributed by atoms with Crippen LogP contribution in [-0.2, 0) is 19.1 Å². The van der Waals surface area contributed by atoms with Gasteiger partial charge in [-0.05, 0) is 54.2 Å². The summed E-state index contributed by atoms with van der Waals surface area (Å²) in [4.78, 5) is 36.6. The molecule has 0 saturated carbocycles. The number of esters is 1. The number of carbonyl (C=O) groups is 3. The first kappa shape index (κ1) is 34.6. The van der Waals surface area contributed by atoms with E-state index in [1.54, 1.807) is 12.1 Å². The second-order valence-corrected chi connectivity index (χ2v) is 11.2. The third-order valence-electron chi connectivity index (χ3n) is 6.99. The SMILES string of the molecule is CCCCCCCCCCCCOc1ccc(/C=C/c2ccc(NC(=O)C(=O)N[C@@H](CC(C)C)C(=O)OC)cc2)cc1. The first-order chi connectivity index (χ1) is 20.3. The Hall–Kier alpha value is -3.61. The maximum Gasteiger partial charge on any atom is 0.328 e. The van der Waals surface area contributed by atoms with Crippen LogP contribution in [0.15, 0.2) is 48.5 Å². The summed E-state index contributed by atoms with van der Waals surface area (Å²) in [5, 5.41) is 5.02. The number of benzene rings is 2. The zero-order chi connectivity index (χ0) is 30.6. The van der Waals surface area contributed by atoms with Gasteiger partial charge in [-0.1, -0.05) is 115 Å². The van der Waals surface area contributed by atoms with Gasteiger partial charge in [0.25, 0.3) is 0 Å². The van der Waals surface area contributed by atoms with Crippen molar-refractivity contribution in [3.05, 3.63) is 59.7 Å². The zero-order valence-corrected chi connectivity index (χ0v) is 26.0. The summed E-state index contributed by atoms with van der Waals surface area (Å²) < 4.78 is 10.6. The minimum atomic E-state index is -0.883. The topological polar surface area (TPSA) is 93.7 Å². The Bertz CT molecular complexity index is 1090. The molecule has 0 aromatic heterocycles. The molecule has 0 heterocycles. The van der Waals surface area contributed by atoms with Gasteiger partial charge in [-0.15, -0.1) is 0 Å². The van der Waals surface area contributed by atoms with Crippen molar-refractivity contribution in [3.8, 4) is 5.75 Å². The van der Waals surface area contributed by atoms with Gasteiger partial charge in [0.1, 0.15) is 11.8 Å². The second-order valence-electron chi connectivity index (χ2n) is 11.2. The highest BCUT2D eigenvalue weighted by molar-refractivity contribution is 6.40. The number of unbranched alkanes of at least 4 members (excludes halogenated alkanes) is 9. The third-order valence-corrected chi connectivity index (χ3v) is 6.99. The maximum atomic E-state index is 12.3. The fraction of sp³-hybridized carbons (Fsp3) is 0.514. The first-order valence-corrected chi connectivity index (χ1v) is 15.5. The first-order valence-electron chi connectivity index (χ1n) is 15.5. The monoisotopic (exact) mass is 578 g/mol. The van der Waals surface area contributed by atoms with Crippen molar-refractivity contribution >= 4 is 35.6 Å². The van der Waals surface area contributed by atoms with Gasteiger partial charge < -0.3 is 20.1 Å². The molecule has 7 nitrogen and oxygen atoms in total. The molecular weight excluding hydrogens is 528 g/mol. The summed E-state index contributed by atoms with van der Waals surface area (Å²) in [6.07, 6.45) is 17.5. The van der Waals surface area contributed by atoms with Crippen LogP contribution in [-0.4, -0.2) is 37.5 Å². The number of methoxy groups -OCH3 is 1. The number of hydrogen-bond donors (Lipinski definition) is 2. The lowest BCUT2D eigenvalue weighted by atomic mass is 10.0. The third kappa shape index (κ3) is 14.3. The minimum absolute atomic E-state index is 0.142. The van der Waals surface area contributed by atoms with Crippen LogP contribution in [0.5, 0.6) is 5.75 Å². The quantitative estimate of drug-likeness (QED) is 0.0768. The Balaban J connectivity index is 1.71. The smallest absolute Gasteiger partial charge is 0.328 e. The standard InChI is InChI=1S/C35H50N2O5/c1-5-6-7-8-9-10-11-12-13-14-25-42-31-23-19-29(20-24-31)16-15-28-17-21-30(22-18-28)36-33(38)34(39)37-32(26-27(2)3)35(40)41-4/h15-24,27,32H,5-14,25-26H2,1-4H3,(H,36,38)(H,37,39)/b16-15+/t32-/m0/s1. The Morgan fingerprint density at radius 3 is 1.79 bits per heavy atom. The summed E-state index contributed by atoms with van der Waals surface area (Å²) in [5.41, 5.74) is 2.48. The number of anilines is 1. The molecule has 0 fully saturated rings. The molecule has 0 unspecified atom stereocenters. The number of ether oxygens (including phenoxy) is 2. The Kier molecular flexibility index (Phi) is 16.7. The molecule has 2 aromatic carbocycles. The molecule has 0 bridgehead atoms. The normalized spacial score (nSPS) is 11.8. The summed E-state index contributed by atoms with van der Waals surface area (Å²) in [6.45, 7) is 6.85. The van der Waals surface area contributed by atoms with Crippen molar-refractivity contribution in [2.45, 2.75) is 97.4 Å². The molecule has 2 aromatic rings. The molecule has 2 N–H and O–H groups in total. The Labute approximate surface area is 252 Å². The minimum Gasteiger partial charge on any atom is -0.494 e. The lowest BCUT2D eigenvalue weighted by Crippen LogP contribution is -2.46. The maximum absolute atomic E-state index is 12.3. The van der Waals surface area contributed by atoms with E-state index in [-0.39, 0.29) is 5.92 Å². The average molecular weight is 579 g/mol. The van der Waals surface area contributed by atoms with Crippen LogP contribution >= 0.6 is 0 Å². The fourth-order valence-corrected chi connectivity index (χ4v) is 4.56. The molecule has 2 amide bonds. The van der Waals surface area contributed by atoms with E-state index < -0.39 is 23.8 Å². The van der Waals surface area contributed by atoms with Gasteiger partial charge in [0.05, 0.1) is 13.7 Å². The van der Waals surface area contributed by atoms with Crippen molar-refractivity contribution in [1.82, 2.24) is 5.32 Å². The van der Waals surface area contributed by atoms with E-state index >= 15 is 0 Å². The van der Waals surface area contributed by atoms with Gasteiger partial charge >= 0.3 is 17.8 Å². The number of nitrogens with one attached hydrogen (secondary N) is 2. The molecule has 230 valence electrons. The second kappa shape index (κ2) is 20.3. The van der Waals surface area contributed by atoms with Crippen LogP contribution in [0.3, 0.4) is 0 Å². The molecule has 0 aliphatic carbocycles. The molecule has 7 heteroatoms. The summed E-state index contributed by atoms with van der Waals surface area (Å²) in [7, 11) is 1.25. The van der Waals surface area contributed by atoms with E-state index in [1.165, 1.54) is 64.9 Å². The average Bonchev–Trinajstić information content (AvgIpc) is 2.99. The number of rotatable bonds is 19. The van der Waals surface area contributed by atoms with Crippen molar-refractivity contribution in [2.75, 3.05) is 19.0 Å². The molecule has 0 radical (unpaired) electrons. The van der Waals surface area contributed by atoms with Crippen molar-refractivity contribution in [3.63, 3.8) is 0 Å². The number of hydrogen-bond acceptors (Lipinski definition) is 5. The van der Waals surface area contributed by atoms with Gasteiger partial charge in [-0.3, -0.25) is 9.59 Å². The van der Waals surface area contributed by atoms with Crippen LogP contribution in [0, 0.1) is 5.92 Å². The Morgan fingerprint density at radius 1 is 0.738 bits per heavy atom. The summed E-state index contributed by atoms with van der Waals surface area (Å²) >= 11 is 0. The van der Waals surface area contributed by atoms with Crippen molar-refractivity contribution in [2.24, 2.45) is 5.92 Å². The highest BCUT2D eigenvalue weighted by atomic mass is 16.5. The van der Waals surface area contributed by atoms with Crippen molar-refractivity contribution < 1.29 is 23.9 Å². The van der Waals surface area contributed by atoms with E-state index in [2.05, 4.69) is 17.6 Å². The van der Waals surface area contributed by atoms with Gasteiger partial charge in [-0.25, -0.2) is 4.79 Å². The predicted octanol–water partition coefficient (Wildman–Crippen LogP) is 7.80. The van der Waals surface area contributed by atoms with E-state index in [0.29, 0.717) is 12.1 Å². The van der Waals surface area contributed by atoms with Crippen LogP contribution in [0.2, 0.25) is 0 Å². The molecule has 0 aliphatic heterocycles. The molecule has 0 spiro atoms. The number of carbonyl (C=O) groups excluding carboxylic acids is 3. The van der Waals surface area contributed by atoms with E-state index in [0.717, 1.165) is 29.9 Å². The van der Waals surface area contributed by atoms with Gasteiger partial charge in [-0.2, -0.15) is 0 Å². The molecule has 2 rings (SSSR count). The zero-order valence-electron chi connectivity index (χ0n) is 26.0. The van der Waals surface area contributed by atoms with Crippen LogP contribution in [0.4, 0.5) is 5.69 Å². The van der Waals surface area contributed by atoms with E-state index in [4.69, 9.17) is 9.47 Å². The highest BCUT2D eigenvalue weighted by Gasteiger charge is 2.25. The molecule has 0 aliphatic rings. The Morgan fingerprint density at radius 2 is 1.26 bits per heavy atom. The lowest BCUT2D eigenvalue weighted by Gasteiger charge is -2.18. The van der Waals surface area contributed by atoms with Crippen LogP contribution in [0.1, 0.15) is 103 Å².